The van der Waals surface area contributed by atoms with Gasteiger partial charge in [0.05, 0.1) is 17.7 Å². The van der Waals surface area contributed by atoms with Crippen LogP contribution in [0.2, 0.25) is 10.0 Å². The lowest BCUT2D eigenvalue weighted by atomic mass is 10.0. The Balaban J connectivity index is 1.93. The maximum Gasteiger partial charge on any atom is 0.261 e. The van der Waals surface area contributed by atoms with Crippen LogP contribution < -0.4 is 9.46 Å². The largest absolute Gasteiger partial charge is 0.497 e. The third kappa shape index (κ3) is 4.75. The lowest BCUT2D eigenvalue weighted by Crippen LogP contribution is -2.14. The molecule has 0 atom stereocenters. The third-order valence-corrected chi connectivity index (χ3v) is 6.01. The van der Waals surface area contributed by atoms with Gasteiger partial charge in [0.2, 0.25) is 0 Å². The molecule has 4 nitrogen and oxygen atoms in total. The summed E-state index contributed by atoms with van der Waals surface area (Å²) in [5.74, 6) is 0.583. The number of benzene rings is 3. The molecule has 3 rings (SSSR count). The summed E-state index contributed by atoms with van der Waals surface area (Å²) in [4.78, 5) is 0.141. The monoisotopic (exact) mass is 421 g/mol. The Labute approximate surface area is 168 Å². The van der Waals surface area contributed by atoms with Crippen LogP contribution in [0.25, 0.3) is 0 Å². The molecular formula is C20H17Cl2NO3S. The quantitative estimate of drug-likeness (QED) is 0.579. The number of hydrogen-bond acceptors (Lipinski definition) is 3. The molecular weight excluding hydrogens is 405 g/mol. The average molecular weight is 422 g/mol. The summed E-state index contributed by atoms with van der Waals surface area (Å²) >= 11 is 12.4. The van der Waals surface area contributed by atoms with E-state index in [2.05, 4.69) is 4.72 Å². The normalized spacial score (nSPS) is 11.2. The predicted octanol–water partition coefficient (Wildman–Crippen LogP) is 5.39. The lowest BCUT2D eigenvalue weighted by Gasteiger charge is -2.14. The molecule has 0 radical (unpaired) electrons. The van der Waals surface area contributed by atoms with Crippen molar-refractivity contribution in [3.05, 3.63) is 87.9 Å². The minimum atomic E-state index is -3.76. The molecule has 0 fully saturated rings. The van der Waals surface area contributed by atoms with E-state index in [0.29, 0.717) is 27.9 Å². The summed E-state index contributed by atoms with van der Waals surface area (Å²) in [5.41, 5.74) is 2.06. The number of sulfonamides is 1. The van der Waals surface area contributed by atoms with Crippen molar-refractivity contribution in [3.63, 3.8) is 0 Å². The number of nitrogens with one attached hydrogen (secondary N) is 1. The number of hydrogen-bond donors (Lipinski definition) is 1. The highest BCUT2D eigenvalue weighted by Crippen LogP contribution is 2.28. The van der Waals surface area contributed by atoms with Crippen LogP contribution >= 0.6 is 23.2 Å². The second-order valence-electron chi connectivity index (χ2n) is 5.85. The van der Waals surface area contributed by atoms with E-state index in [-0.39, 0.29) is 4.90 Å². The molecule has 3 aromatic rings. The second-order valence-corrected chi connectivity index (χ2v) is 8.38. The van der Waals surface area contributed by atoms with E-state index in [9.17, 15) is 8.42 Å². The van der Waals surface area contributed by atoms with Gasteiger partial charge in [0, 0.05) is 16.5 Å². The summed E-state index contributed by atoms with van der Waals surface area (Å²) in [7, 11) is -2.23. The third-order valence-electron chi connectivity index (χ3n) is 4.02. The molecule has 0 saturated heterocycles. The average Bonchev–Trinajstić information content (AvgIpc) is 2.66. The number of anilines is 1. The fourth-order valence-electron chi connectivity index (χ4n) is 2.61. The topological polar surface area (TPSA) is 55.4 Å². The van der Waals surface area contributed by atoms with Crippen LogP contribution in [0.1, 0.15) is 11.1 Å². The van der Waals surface area contributed by atoms with Gasteiger partial charge in [-0.1, -0.05) is 41.4 Å². The van der Waals surface area contributed by atoms with E-state index in [0.717, 1.165) is 11.1 Å². The van der Waals surface area contributed by atoms with Crippen molar-refractivity contribution in [3.8, 4) is 5.75 Å². The highest BCUT2D eigenvalue weighted by Gasteiger charge is 2.17. The van der Waals surface area contributed by atoms with Crippen molar-refractivity contribution in [2.75, 3.05) is 11.8 Å². The van der Waals surface area contributed by atoms with Crippen molar-refractivity contribution in [2.24, 2.45) is 0 Å². The smallest absolute Gasteiger partial charge is 0.261 e. The van der Waals surface area contributed by atoms with E-state index in [1.807, 2.05) is 18.2 Å². The number of ether oxygens (including phenoxy) is 1. The van der Waals surface area contributed by atoms with Gasteiger partial charge in [-0.15, -0.1) is 0 Å². The molecule has 27 heavy (non-hydrogen) atoms. The molecule has 0 aliphatic carbocycles. The van der Waals surface area contributed by atoms with Crippen molar-refractivity contribution in [1.82, 2.24) is 0 Å². The van der Waals surface area contributed by atoms with Crippen molar-refractivity contribution < 1.29 is 13.2 Å². The molecule has 140 valence electrons. The van der Waals surface area contributed by atoms with Crippen LogP contribution in [0.5, 0.6) is 5.75 Å². The maximum atomic E-state index is 12.7. The molecule has 0 amide bonds. The lowest BCUT2D eigenvalue weighted by molar-refractivity contribution is 0.414. The Bertz CT molecular complexity index is 1050. The summed E-state index contributed by atoms with van der Waals surface area (Å²) in [6, 6.07) is 18.6. The highest BCUT2D eigenvalue weighted by atomic mass is 35.5. The van der Waals surface area contributed by atoms with Gasteiger partial charge in [-0.05, 0) is 59.7 Å². The molecule has 0 aliphatic heterocycles. The van der Waals surface area contributed by atoms with Crippen LogP contribution in [0.4, 0.5) is 5.69 Å². The van der Waals surface area contributed by atoms with E-state index in [1.54, 1.807) is 36.4 Å². The molecule has 0 saturated carbocycles. The zero-order chi connectivity index (χ0) is 19.4. The molecule has 3 aromatic carbocycles. The zero-order valence-electron chi connectivity index (χ0n) is 14.4. The standard InChI is InChI=1S/C20H17Cl2NO3S/c1-26-17-7-9-18(10-8-17)27(24,25)23-20-11-6-16(21)13-15(20)12-14-4-2-3-5-19(14)22/h2-11,13,23H,12H2,1H3. The van der Waals surface area contributed by atoms with Crippen molar-refractivity contribution >= 4 is 38.9 Å². The first-order valence-electron chi connectivity index (χ1n) is 8.08. The van der Waals surface area contributed by atoms with Gasteiger partial charge in [-0.25, -0.2) is 8.42 Å². The predicted molar refractivity (Wildman–Crippen MR) is 110 cm³/mol. The molecule has 0 spiro atoms. The summed E-state index contributed by atoms with van der Waals surface area (Å²) < 4.78 is 33.2. The van der Waals surface area contributed by atoms with Gasteiger partial charge in [0.15, 0.2) is 0 Å². The SMILES string of the molecule is COc1ccc(S(=O)(=O)Nc2ccc(Cl)cc2Cc2ccccc2Cl)cc1. The van der Waals surface area contributed by atoms with Gasteiger partial charge < -0.3 is 4.74 Å². The summed E-state index contributed by atoms with van der Waals surface area (Å²) in [6.45, 7) is 0. The van der Waals surface area contributed by atoms with Crippen LogP contribution in [-0.4, -0.2) is 15.5 Å². The van der Waals surface area contributed by atoms with Gasteiger partial charge in [-0.3, -0.25) is 4.72 Å². The fourth-order valence-corrected chi connectivity index (χ4v) is 4.11. The zero-order valence-corrected chi connectivity index (χ0v) is 16.8. The maximum absolute atomic E-state index is 12.7. The molecule has 0 aliphatic rings. The van der Waals surface area contributed by atoms with E-state index in [1.165, 1.54) is 19.2 Å². The highest BCUT2D eigenvalue weighted by molar-refractivity contribution is 7.92. The molecule has 0 bridgehead atoms. The van der Waals surface area contributed by atoms with Gasteiger partial charge in [0.25, 0.3) is 10.0 Å². The summed E-state index contributed by atoms with van der Waals surface area (Å²) in [6.07, 6.45) is 0.445. The molecule has 0 aromatic heterocycles. The Hall–Kier alpha value is -2.21. The number of halogens is 2. The Morgan fingerprint density at radius 3 is 2.30 bits per heavy atom. The number of methoxy groups -OCH3 is 1. The first-order chi connectivity index (χ1) is 12.9. The fraction of sp³-hybridized carbons (Fsp3) is 0.100. The van der Waals surface area contributed by atoms with Crippen LogP contribution in [0.3, 0.4) is 0 Å². The number of rotatable bonds is 6. The molecule has 1 N–H and O–H groups in total. The van der Waals surface area contributed by atoms with Crippen LogP contribution in [0.15, 0.2) is 71.6 Å². The first-order valence-corrected chi connectivity index (χ1v) is 10.3. The van der Waals surface area contributed by atoms with Crippen LogP contribution in [-0.2, 0) is 16.4 Å². The Morgan fingerprint density at radius 1 is 0.926 bits per heavy atom. The van der Waals surface area contributed by atoms with Crippen LogP contribution in [0, 0.1) is 0 Å². The van der Waals surface area contributed by atoms with Gasteiger partial charge in [0.1, 0.15) is 5.75 Å². The Kier molecular flexibility index (Phi) is 5.95. The minimum Gasteiger partial charge on any atom is -0.497 e. The van der Waals surface area contributed by atoms with E-state index in [4.69, 9.17) is 27.9 Å². The van der Waals surface area contributed by atoms with Crippen molar-refractivity contribution in [2.45, 2.75) is 11.3 Å². The van der Waals surface area contributed by atoms with E-state index < -0.39 is 10.0 Å². The minimum absolute atomic E-state index is 0.141. The second kappa shape index (κ2) is 8.21. The van der Waals surface area contributed by atoms with Gasteiger partial charge >= 0.3 is 0 Å². The van der Waals surface area contributed by atoms with E-state index >= 15 is 0 Å². The Morgan fingerprint density at radius 2 is 1.63 bits per heavy atom. The molecule has 0 heterocycles. The van der Waals surface area contributed by atoms with Crippen molar-refractivity contribution in [1.29, 1.82) is 0 Å². The first kappa shape index (κ1) is 19.5. The molecule has 0 unspecified atom stereocenters. The summed E-state index contributed by atoms with van der Waals surface area (Å²) in [5, 5.41) is 1.13. The van der Waals surface area contributed by atoms with Gasteiger partial charge in [-0.2, -0.15) is 0 Å². The molecule has 7 heteroatoms.